The standard InChI is InChI=1S/C20H15N3O2S/c24-18(14-26-20-22-21-19-8-4-5-13-23(19)20)15-9-11-17(12-10-15)25-16-6-2-1-3-7-16/h1-13H,14H2. The van der Waals surface area contributed by atoms with Gasteiger partial charge in [-0.2, -0.15) is 0 Å². The summed E-state index contributed by atoms with van der Waals surface area (Å²) >= 11 is 1.37. The molecule has 0 spiro atoms. The van der Waals surface area contributed by atoms with Crippen molar-refractivity contribution in [3.05, 3.63) is 84.6 Å². The lowest BCUT2D eigenvalue weighted by Crippen LogP contribution is -2.03. The molecule has 0 bridgehead atoms. The molecule has 0 fully saturated rings. The minimum absolute atomic E-state index is 0.0361. The lowest BCUT2D eigenvalue weighted by molar-refractivity contribution is 0.102. The van der Waals surface area contributed by atoms with Crippen LogP contribution in [0.15, 0.2) is 84.1 Å². The molecular weight excluding hydrogens is 346 g/mol. The fraction of sp³-hybridized carbons (Fsp3) is 0.0500. The Morgan fingerprint density at radius 3 is 2.42 bits per heavy atom. The topological polar surface area (TPSA) is 56.5 Å². The van der Waals surface area contributed by atoms with Crippen molar-refractivity contribution in [1.29, 1.82) is 0 Å². The molecule has 0 aliphatic heterocycles. The van der Waals surface area contributed by atoms with Crippen molar-refractivity contribution < 1.29 is 9.53 Å². The van der Waals surface area contributed by atoms with Gasteiger partial charge in [0.25, 0.3) is 0 Å². The van der Waals surface area contributed by atoms with Gasteiger partial charge in [0.1, 0.15) is 11.5 Å². The number of ketones is 1. The Morgan fingerprint density at radius 1 is 0.885 bits per heavy atom. The fourth-order valence-electron chi connectivity index (χ4n) is 2.46. The molecule has 0 saturated carbocycles. The van der Waals surface area contributed by atoms with Crippen molar-refractivity contribution in [2.75, 3.05) is 5.75 Å². The van der Waals surface area contributed by atoms with Crippen LogP contribution in [-0.4, -0.2) is 26.1 Å². The molecule has 0 aliphatic carbocycles. The third-order valence-electron chi connectivity index (χ3n) is 3.77. The molecule has 0 aliphatic rings. The summed E-state index contributed by atoms with van der Waals surface area (Å²) in [6, 6.07) is 22.4. The van der Waals surface area contributed by atoms with Gasteiger partial charge in [0.2, 0.25) is 0 Å². The number of Topliss-reactive ketones (excluding diaryl/α,β-unsaturated/α-hetero) is 1. The first kappa shape index (κ1) is 16.4. The van der Waals surface area contributed by atoms with E-state index in [-0.39, 0.29) is 5.78 Å². The molecule has 0 radical (unpaired) electrons. The van der Waals surface area contributed by atoms with Gasteiger partial charge in [0, 0.05) is 11.8 Å². The second-order valence-electron chi connectivity index (χ2n) is 5.56. The third-order valence-corrected chi connectivity index (χ3v) is 4.71. The number of carbonyl (C=O) groups excluding carboxylic acids is 1. The van der Waals surface area contributed by atoms with Crippen LogP contribution in [0.1, 0.15) is 10.4 Å². The summed E-state index contributed by atoms with van der Waals surface area (Å²) in [7, 11) is 0. The van der Waals surface area contributed by atoms with Crippen molar-refractivity contribution in [3.8, 4) is 11.5 Å². The molecule has 0 unspecified atom stereocenters. The van der Waals surface area contributed by atoms with Crippen molar-refractivity contribution in [1.82, 2.24) is 14.6 Å². The zero-order valence-corrected chi connectivity index (χ0v) is 14.6. The van der Waals surface area contributed by atoms with E-state index in [4.69, 9.17) is 4.74 Å². The molecule has 4 aromatic rings. The maximum Gasteiger partial charge on any atom is 0.196 e. The minimum atomic E-state index is 0.0361. The number of thioether (sulfide) groups is 1. The number of aromatic nitrogens is 3. The molecular formula is C20H15N3O2S. The highest BCUT2D eigenvalue weighted by molar-refractivity contribution is 7.99. The van der Waals surface area contributed by atoms with Crippen molar-refractivity contribution >= 4 is 23.2 Å². The van der Waals surface area contributed by atoms with E-state index in [0.29, 0.717) is 22.2 Å². The maximum atomic E-state index is 12.4. The number of para-hydroxylation sites is 1. The van der Waals surface area contributed by atoms with Crippen LogP contribution < -0.4 is 4.74 Å². The lowest BCUT2D eigenvalue weighted by Gasteiger charge is -2.06. The summed E-state index contributed by atoms with van der Waals surface area (Å²) in [6.07, 6.45) is 1.89. The molecule has 2 aromatic heterocycles. The number of fused-ring (bicyclic) bond motifs is 1. The molecule has 26 heavy (non-hydrogen) atoms. The molecule has 128 valence electrons. The van der Waals surface area contributed by atoms with E-state index in [0.717, 1.165) is 11.4 Å². The zero-order valence-electron chi connectivity index (χ0n) is 13.8. The maximum absolute atomic E-state index is 12.4. The number of carbonyl (C=O) groups is 1. The van der Waals surface area contributed by atoms with E-state index in [1.54, 1.807) is 24.3 Å². The molecule has 5 nitrogen and oxygen atoms in total. The second kappa shape index (κ2) is 7.41. The normalized spacial score (nSPS) is 10.8. The van der Waals surface area contributed by atoms with Crippen LogP contribution in [0, 0.1) is 0 Å². The van der Waals surface area contributed by atoms with Crippen LogP contribution in [0.3, 0.4) is 0 Å². The average molecular weight is 361 g/mol. The van der Waals surface area contributed by atoms with Gasteiger partial charge in [-0.3, -0.25) is 9.20 Å². The number of hydrogen-bond acceptors (Lipinski definition) is 5. The van der Waals surface area contributed by atoms with Crippen LogP contribution in [0.2, 0.25) is 0 Å². The van der Waals surface area contributed by atoms with E-state index in [1.165, 1.54) is 11.8 Å². The number of benzene rings is 2. The van der Waals surface area contributed by atoms with Crippen molar-refractivity contribution in [3.63, 3.8) is 0 Å². The SMILES string of the molecule is O=C(CSc1nnc2ccccn12)c1ccc(Oc2ccccc2)cc1. The zero-order chi connectivity index (χ0) is 17.8. The molecule has 4 rings (SSSR count). The quantitative estimate of drug-likeness (QED) is 0.374. The van der Waals surface area contributed by atoms with E-state index < -0.39 is 0 Å². The summed E-state index contributed by atoms with van der Waals surface area (Å²) in [5.74, 6) is 1.80. The van der Waals surface area contributed by atoms with Crippen molar-refractivity contribution in [2.45, 2.75) is 5.16 Å². The first-order chi connectivity index (χ1) is 12.8. The fourth-order valence-corrected chi connectivity index (χ4v) is 3.28. The van der Waals surface area contributed by atoms with E-state index in [2.05, 4.69) is 10.2 Å². The van der Waals surface area contributed by atoms with Crippen LogP contribution in [0.25, 0.3) is 5.65 Å². The Kier molecular flexibility index (Phi) is 4.66. The largest absolute Gasteiger partial charge is 0.457 e. The summed E-state index contributed by atoms with van der Waals surface area (Å²) in [4.78, 5) is 12.4. The number of rotatable bonds is 6. The monoisotopic (exact) mass is 361 g/mol. The van der Waals surface area contributed by atoms with Crippen LogP contribution in [-0.2, 0) is 0 Å². The second-order valence-corrected chi connectivity index (χ2v) is 6.51. The van der Waals surface area contributed by atoms with Gasteiger partial charge >= 0.3 is 0 Å². The summed E-state index contributed by atoms with van der Waals surface area (Å²) < 4.78 is 7.61. The first-order valence-corrected chi connectivity index (χ1v) is 9.07. The predicted octanol–water partition coefficient (Wildman–Crippen LogP) is 4.50. The van der Waals surface area contributed by atoms with Crippen LogP contribution in [0.5, 0.6) is 11.5 Å². The average Bonchev–Trinajstić information content (AvgIpc) is 3.11. The molecule has 0 atom stereocenters. The van der Waals surface area contributed by atoms with Gasteiger partial charge in [0.15, 0.2) is 16.6 Å². The smallest absolute Gasteiger partial charge is 0.196 e. The Balaban J connectivity index is 1.40. The molecule has 2 heterocycles. The highest BCUT2D eigenvalue weighted by Gasteiger charge is 2.11. The Bertz CT molecular complexity index is 1030. The number of nitrogens with zero attached hydrogens (tertiary/aromatic N) is 3. The number of ether oxygens (including phenoxy) is 1. The van der Waals surface area contributed by atoms with Crippen molar-refractivity contribution in [2.24, 2.45) is 0 Å². The minimum Gasteiger partial charge on any atom is -0.457 e. The van der Waals surface area contributed by atoms with Gasteiger partial charge in [0.05, 0.1) is 5.75 Å². The molecule has 0 saturated heterocycles. The highest BCUT2D eigenvalue weighted by Crippen LogP contribution is 2.22. The predicted molar refractivity (Wildman–Crippen MR) is 101 cm³/mol. The summed E-state index contributed by atoms with van der Waals surface area (Å²) in [5.41, 5.74) is 1.41. The van der Waals surface area contributed by atoms with Crippen LogP contribution in [0.4, 0.5) is 0 Å². The molecule has 0 amide bonds. The van der Waals surface area contributed by atoms with Gasteiger partial charge in [-0.1, -0.05) is 36.0 Å². The number of hydrogen-bond donors (Lipinski definition) is 0. The lowest BCUT2D eigenvalue weighted by atomic mass is 10.1. The molecule has 2 aromatic carbocycles. The van der Waals surface area contributed by atoms with Gasteiger partial charge in [-0.15, -0.1) is 10.2 Å². The van der Waals surface area contributed by atoms with Crippen LogP contribution >= 0.6 is 11.8 Å². The summed E-state index contributed by atoms with van der Waals surface area (Å²) in [5, 5.41) is 8.92. The van der Waals surface area contributed by atoms with E-state index >= 15 is 0 Å². The van der Waals surface area contributed by atoms with Gasteiger partial charge in [-0.05, 0) is 48.5 Å². The summed E-state index contributed by atoms with van der Waals surface area (Å²) in [6.45, 7) is 0. The first-order valence-electron chi connectivity index (χ1n) is 8.08. The Morgan fingerprint density at radius 2 is 1.62 bits per heavy atom. The Hall–Kier alpha value is -3.12. The Labute approximate surface area is 154 Å². The third kappa shape index (κ3) is 3.60. The van der Waals surface area contributed by atoms with E-state index in [1.807, 2.05) is 59.1 Å². The van der Waals surface area contributed by atoms with Gasteiger partial charge in [-0.25, -0.2) is 0 Å². The molecule has 0 N–H and O–H groups in total. The van der Waals surface area contributed by atoms with Gasteiger partial charge < -0.3 is 4.74 Å². The highest BCUT2D eigenvalue weighted by atomic mass is 32.2. The molecule has 6 heteroatoms. The number of pyridine rings is 1. The van der Waals surface area contributed by atoms with E-state index in [9.17, 15) is 4.79 Å².